The van der Waals surface area contributed by atoms with Gasteiger partial charge in [0, 0.05) is 31.9 Å². The number of carbonyl (C=O) groups excluding carboxylic acids is 2. The maximum Gasteiger partial charge on any atom is 0.349 e. The second kappa shape index (κ2) is 7.71. The molecule has 0 unspecified atom stereocenters. The van der Waals surface area contributed by atoms with Crippen LogP contribution in [0, 0.1) is 6.92 Å². The Kier molecular flexibility index (Phi) is 5.10. The number of rotatable bonds is 3. The Morgan fingerprint density at radius 1 is 1.17 bits per heavy atom. The Hall–Kier alpha value is -3.13. The highest BCUT2D eigenvalue weighted by Gasteiger charge is 2.25. The number of anilines is 2. The van der Waals surface area contributed by atoms with E-state index >= 15 is 0 Å². The van der Waals surface area contributed by atoms with Crippen molar-refractivity contribution in [2.45, 2.75) is 25.7 Å². The van der Waals surface area contributed by atoms with Crippen LogP contribution >= 0.6 is 0 Å². The van der Waals surface area contributed by atoms with Gasteiger partial charge in [-0.25, -0.2) is 4.79 Å². The highest BCUT2D eigenvalue weighted by atomic mass is 16.5. The summed E-state index contributed by atoms with van der Waals surface area (Å²) in [5, 5.41) is 2.71. The van der Waals surface area contributed by atoms with E-state index in [4.69, 9.17) is 13.9 Å². The molecule has 0 atom stereocenters. The highest BCUT2D eigenvalue weighted by molar-refractivity contribution is 6.06. The van der Waals surface area contributed by atoms with Gasteiger partial charge in [-0.3, -0.25) is 9.59 Å². The Morgan fingerprint density at radius 3 is 2.66 bits per heavy atom. The van der Waals surface area contributed by atoms with Gasteiger partial charge in [-0.1, -0.05) is 0 Å². The van der Waals surface area contributed by atoms with E-state index in [0.29, 0.717) is 41.7 Å². The van der Waals surface area contributed by atoms with E-state index in [-0.39, 0.29) is 24.0 Å². The molecule has 1 N–H and O–H groups in total. The van der Waals surface area contributed by atoms with E-state index in [1.54, 1.807) is 38.2 Å². The monoisotopic (exact) mass is 398 g/mol. The topological polar surface area (TPSA) is 98.1 Å². The number of aryl methyl sites for hydroxylation is 1. The first-order chi connectivity index (χ1) is 13.9. The molecule has 2 aliphatic rings. The number of nitrogens with one attached hydrogen (secondary N) is 1. The predicted octanol–water partition coefficient (Wildman–Crippen LogP) is 2.45. The first-order valence-electron chi connectivity index (χ1n) is 9.51. The second-order valence-electron chi connectivity index (χ2n) is 7.26. The van der Waals surface area contributed by atoms with E-state index in [9.17, 15) is 14.4 Å². The Balaban J connectivity index is 1.57. The van der Waals surface area contributed by atoms with Crippen molar-refractivity contribution in [3.8, 4) is 5.75 Å². The number of hydrogen-bond acceptors (Lipinski definition) is 6. The Bertz CT molecular complexity index is 1020. The molecule has 1 fully saturated rings. The largest absolute Gasteiger partial charge is 0.482 e. The molecule has 8 nitrogen and oxygen atoms in total. The van der Waals surface area contributed by atoms with Gasteiger partial charge < -0.3 is 24.1 Å². The van der Waals surface area contributed by atoms with Crippen LogP contribution in [0.2, 0.25) is 0 Å². The van der Waals surface area contributed by atoms with Gasteiger partial charge >= 0.3 is 5.63 Å². The van der Waals surface area contributed by atoms with Crippen molar-refractivity contribution in [3.05, 3.63) is 51.6 Å². The third kappa shape index (κ3) is 3.75. The first kappa shape index (κ1) is 19.2. The molecule has 29 heavy (non-hydrogen) atoms. The molecule has 2 aromatic rings. The van der Waals surface area contributed by atoms with Crippen LogP contribution in [0.3, 0.4) is 0 Å². The van der Waals surface area contributed by atoms with E-state index in [1.165, 1.54) is 4.90 Å². The smallest absolute Gasteiger partial charge is 0.349 e. The van der Waals surface area contributed by atoms with Gasteiger partial charge in [-0.15, -0.1) is 0 Å². The van der Waals surface area contributed by atoms with Crippen molar-refractivity contribution in [3.63, 3.8) is 0 Å². The second-order valence-corrected chi connectivity index (χ2v) is 7.26. The van der Waals surface area contributed by atoms with Crippen molar-refractivity contribution >= 4 is 23.2 Å². The van der Waals surface area contributed by atoms with Crippen molar-refractivity contribution in [2.75, 3.05) is 37.1 Å². The minimum Gasteiger partial charge on any atom is -0.482 e. The number of hydrogen-bond donors (Lipinski definition) is 1. The normalized spacial score (nSPS) is 16.9. The molecule has 2 aliphatic heterocycles. The number of nitrogens with zero attached hydrogens (tertiary/aromatic N) is 1. The minimum absolute atomic E-state index is 0.0189. The molecule has 0 radical (unpaired) electrons. The molecule has 152 valence electrons. The standard InChI is InChI=1S/C21H22N2O6/c1-12-9-17(13-5-7-27-8-6-13)29-21(26)19(12)20(25)22-14-3-4-16-15(10-14)23(2)18(24)11-28-16/h3-4,9-10,13H,5-8,11H2,1-2H3,(H,22,25). The van der Waals surface area contributed by atoms with Crippen LogP contribution in [0.4, 0.5) is 11.4 Å². The van der Waals surface area contributed by atoms with Gasteiger partial charge in [0.05, 0.1) is 5.69 Å². The summed E-state index contributed by atoms with van der Waals surface area (Å²) in [6.45, 7) is 2.97. The third-order valence-corrected chi connectivity index (χ3v) is 5.32. The summed E-state index contributed by atoms with van der Waals surface area (Å²) in [5.41, 5.74) is 0.884. The van der Waals surface area contributed by atoms with Gasteiger partial charge in [-0.05, 0) is 49.6 Å². The lowest BCUT2D eigenvalue weighted by atomic mass is 9.95. The van der Waals surface area contributed by atoms with E-state index in [2.05, 4.69) is 5.32 Å². The summed E-state index contributed by atoms with van der Waals surface area (Å²) in [4.78, 5) is 38.6. The maximum atomic E-state index is 12.8. The number of amides is 2. The van der Waals surface area contributed by atoms with Crippen LogP contribution in [0.25, 0.3) is 0 Å². The Labute approximate surface area is 167 Å². The first-order valence-corrected chi connectivity index (χ1v) is 9.51. The zero-order valence-electron chi connectivity index (χ0n) is 16.3. The molecule has 1 aromatic carbocycles. The third-order valence-electron chi connectivity index (χ3n) is 5.32. The molecule has 0 bridgehead atoms. The fourth-order valence-electron chi connectivity index (χ4n) is 3.63. The molecule has 1 saturated heterocycles. The molecular weight excluding hydrogens is 376 g/mol. The molecule has 2 amide bonds. The van der Waals surface area contributed by atoms with Gasteiger partial charge in [0.2, 0.25) is 0 Å². The van der Waals surface area contributed by atoms with Crippen LogP contribution in [0.5, 0.6) is 5.75 Å². The van der Waals surface area contributed by atoms with Gasteiger partial charge in [0.1, 0.15) is 17.1 Å². The van der Waals surface area contributed by atoms with Gasteiger partial charge in [0.15, 0.2) is 6.61 Å². The quantitative estimate of drug-likeness (QED) is 0.853. The average Bonchev–Trinajstić information content (AvgIpc) is 2.71. The zero-order valence-corrected chi connectivity index (χ0v) is 16.3. The summed E-state index contributed by atoms with van der Waals surface area (Å²) in [6.07, 6.45) is 1.58. The van der Waals surface area contributed by atoms with Crippen molar-refractivity contribution in [1.29, 1.82) is 0 Å². The van der Waals surface area contributed by atoms with E-state index in [0.717, 1.165) is 12.8 Å². The lowest BCUT2D eigenvalue weighted by Gasteiger charge is -2.26. The predicted molar refractivity (Wildman–Crippen MR) is 106 cm³/mol. The SMILES string of the molecule is Cc1cc(C2CCOCC2)oc(=O)c1C(=O)Nc1ccc2c(c1)N(C)C(=O)CO2. The molecule has 8 heteroatoms. The molecule has 0 aliphatic carbocycles. The minimum atomic E-state index is -0.655. The molecule has 0 spiro atoms. The fraction of sp³-hybridized carbons (Fsp3) is 0.381. The summed E-state index contributed by atoms with van der Waals surface area (Å²) in [5.74, 6) is 0.544. The molecule has 4 rings (SSSR count). The summed E-state index contributed by atoms with van der Waals surface area (Å²) >= 11 is 0. The highest BCUT2D eigenvalue weighted by Crippen LogP contribution is 2.34. The average molecular weight is 398 g/mol. The van der Waals surface area contributed by atoms with Crippen molar-refractivity contribution in [1.82, 2.24) is 0 Å². The Morgan fingerprint density at radius 2 is 1.93 bits per heavy atom. The van der Waals surface area contributed by atoms with E-state index in [1.807, 2.05) is 0 Å². The molecular formula is C21H22N2O6. The van der Waals surface area contributed by atoms with Crippen LogP contribution < -0.4 is 20.6 Å². The number of carbonyl (C=O) groups is 2. The maximum absolute atomic E-state index is 12.8. The van der Waals surface area contributed by atoms with Crippen LogP contribution in [-0.2, 0) is 9.53 Å². The lowest BCUT2D eigenvalue weighted by molar-refractivity contribution is -0.120. The lowest BCUT2D eigenvalue weighted by Crippen LogP contribution is -2.35. The molecule has 3 heterocycles. The molecule has 0 saturated carbocycles. The van der Waals surface area contributed by atoms with Gasteiger partial charge in [-0.2, -0.15) is 0 Å². The summed E-state index contributed by atoms with van der Waals surface area (Å²) < 4.78 is 16.2. The van der Waals surface area contributed by atoms with E-state index < -0.39 is 11.5 Å². The van der Waals surface area contributed by atoms with Crippen molar-refractivity contribution in [2.24, 2.45) is 0 Å². The zero-order chi connectivity index (χ0) is 20.5. The number of benzene rings is 1. The summed E-state index contributed by atoms with van der Waals surface area (Å²) in [6, 6.07) is 6.74. The van der Waals surface area contributed by atoms with Gasteiger partial charge in [0.25, 0.3) is 11.8 Å². The van der Waals surface area contributed by atoms with Crippen molar-refractivity contribution < 1.29 is 23.5 Å². The van der Waals surface area contributed by atoms with Crippen LogP contribution in [-0.4, -0.2) is 38.7 Å². The fourth-order valence-corrected chi connectivity index (χ4v) is 3.63. The summed E-state index contributed by atoms with van der Waals surface area (Å²) in [7, 11) is 1.64. The van der Waals surface area contributed by atoms with Crippen LogP contribution in [0.1, 0.15) is 40.4 Å². The number of fused-ring (bicyclic) bond motifs is 1. The van der Waals surface area contributed by atoms with Crippen LogP contribution in [0.15, 0.2) is 33.5 Å². The molecule has 1 aromatic heterocycles. The number of ether oxygens (including phenoxy) is 2. The number of likely N-dealkylation sites (N-methyl/N-ethyl adjacent to an activating group) is 1.